The third-order valence-corrected chi connectivity index (χ3v) is 2.74. The van der Waals surface area contributed by atoms with Crippen molar-refractivity contribution in [2.24, 2.45) is 0 Å². The molecular weight excluding hydrogens is 234 g/mol. The second kappa shape index (κ2) is 7.08. The first-order valence-corrected chi connectivity index (χ1v) is 5.85. The summed E-state index contributed by atoms with van der Waals surface area (Å²) in [4.78, 5) is 0. The third-order valence-electron chi connectivity index (χ3n) is 2.74. The Labute approximate surface area is 108 Å². The molecule has 0 fully saturated rings. The van der Waals surface area contributed by atoms with Gasteiger partial charge in [-0.1, -0.05) is 6.92 Å². The highest BCUT2D eigenvalue weighted by atomic mass is 16.5. The lowest BCUT2D eigenvalue weighted by Crippen LogP contribution is -2.24. The lowest BCUT2D eigenvalue weighted by Gasteiger charge is -2.20. The highest BCUT2D eigenvalue weighted by Crippen LogP contribution is 2.37. The van der Waals surface area contributed by atoms with E-state index in [1.807, 2.05) is 13.0 Å². The van der Waals surface area contributed by atoms with Crippen LogP contribution in [0, 0.1) is 0 Å². The highest BCUT2D eigenvalue weighted by molar-refractivity contribution is 5.51. The van der Waals surface area contributed by atoms with Gasteiger partial charge in [-0.15, -0.1) is 0 Å². The Kier molecular flexibility index (Phi) is 5.74. The molecule has 0 aromatic heterocycles. The molecule has 0 saturated heterocycles. The number of aliphatic hydroxyl groups excluding tert-OH is 1. The monoisotopic (exact) mass is 255 g/mol. The van der Waals surface area contributed by atoms with Crippen molar-refractivity contribution in [1.82, 2.24) is 5.32 Å². The summed E-state index contributed by atoms with van der Waals surface area (Å²) in [5.74, 6) is 1.88. The maximum absolute atomic E-state index is 9.43. The van der Waals surface area contributed by atoms with Crippen LogP contribution in [0.4, 0.5) is 0 Å². The zero-order valence-corrected chi connectivity index (χ0v) is 11.3. The summed E-state index contributed by atoms with van der Waals surface area (Å²) in [6, 6.07) is 3.39. The summed E-state index contributed by atoms with van der Waals surface area (Å²) in [5.41, 5.74) is 0.847. The number of ether oxygens (including phenoxy) is 3. The maximum Gasteiger partial charge on any atom is 0.164 e. The summed E-state index contributed by atoms with van der Waals surface area (Å²) in [5, 5.41) is 12.6. The Morgan fingerprint density at radius 3 is 2.06 bits per heavy atom. The number of likely N-dealkylation sites (N-methyl/N-ethyl adjacent to an activating group) is 1. The van der Waals surface area contributed by atoms with Crippen LogP contribution in [0.1, 0.15) is 18.5 Å². The molecule has 1 rings (SSSR count). The van der Waals surface area contributed by atoms with Gasteiger partial charge in [0.2, 0.25) is 0 Å². The minimum atomic E-state index is -0.190. The van der Waals surface area contributed by atoms with Crippen LogP contribution in [-0.2, 0) is 0 Å². The lowest BCUT2D eigenvalue weighted by molar-refractivity contribution is 0.242. The van der Waals surface area contributed by atoms with Crippen LogP contribution in [0.15, 0.2) is 12.1 Å². The van der Waals surface area contributed by atoms with Crippen LogP contribution >= 0.6 is 0 Å². The molecule has 5 heteroatoms. The van der Waals surface area contributed by atoms with Crippen molar-refractivity contribution >= 4 is 0 Å². The SMILES string of the molecule is CCNC(CO)c1cc(OC)c(OC)cc1OC. The molecule has 2 N–H and O–H groups in total. The first-order valence-electron chi connectivity index (χ1n) is 5.85. The van der Waals surface area contributed by atoms with Crippen molar-refractivity contribution in [3.63, 3.8) is 0 Å². The van der Waals surface area contributed by atoms with Crippen LogP contribution in [0.3, 0.4) is 0 Å². The summed E-state index contributed by atoms with van der Waals surface area (Å²) in [7, 11) is 4.74. The Balaban J connectivity index is 3.23. The standard InChI is InChI=1S/C13H21NO4/c1-5-14-10(8-15)9-6-12(17-3)13(18-4)7-11(9)16-2/h6-7,10,14-15H,5,8H2,1-4H3. The molecule has 102 valence electrons. The number of hydrogen-bond acceptors (Lipinski definition) is 5. The second-order valence-electron chi connectivity index (χ2n) is 3.74. The molecule has 1 aromatic carbocycles. The zero-order valence-electron chi connectivity index (χ0n) is 11.3. The fourth-order valence-electron chi connectivity index (χ4n) is 1.84. The Hall–Kier alpha value is -1.46. The lowest BCUT2D eigenvalue weighted by atomic mass is 10.1. The van der Waals surface area contributed by atoms with Crippen LogP contribution in [-0.4, -0.2) is 39.6 Å². The van der Waals surface area contributed by atoms with E-state index in [1.54, 1.807) is 27.4 Å². The van der Waals surface area contributed by atoms with Crippen LogP contribution in [0.5, 0.6) is 17.2 Å². The van der Waals surface area contributed by atoms with E-state index in [1.165, 1.54) is 0 Å². The molecule has 5 nitrogen and oxygen atoms in total. The van der Waals surface area contributed by atoms with Gasteiger partial charge in [0.05, 0.1) is 34.0 Å². The largest absolute Gasteiger partial charge is 0.496 e. The Morgan fingerprint density at radius 2 is 1.61 bits per heavy atom. The molecule has 0 aliphatic rings. The van der Waals surface area contributed by atoms with Gasteiger partial charge in [-0.3, -0.25) is 0 Å². The van der Waals surface area contributed by atoms with Crippen LogP contribution in [0.25, 0.3) is 0 Å². The minimum Gasteiger partial charge on any atom is -0.496 e. The molecular formula is C13H21NO4. The second-order valence-corrected chi connectivity index (χ2v) is 3.74. The molecule has 0 amide bonds. The maximum atomic E-state index is 9.43. The van der Waals surface area contributed by atoms with E-state index in [-0.39, 0.29) is 12.6 Å². The number of hydrogen-bond donors (Lipinski definition) is 2. The number of aliphatic hydroxyl groups is 1. The normalized spacial score (nSPS) is 12.1. The van der Waals surface area contributed by atoms with E-state index in [2.05, 4.69) is 5.32 Å². The molecule has 0 aliphatic heterocycles. The average Bonchev–Trinajstić information content (AvgIpc) is 2.43. The first-order chi connectivity index (χ1) is 8.71. The summed E-state index contributed by atoms with van der Waals surface area (Å²) in [6.45, 7) is 2.72. The third kappa shape index (κ3) is 3.05. The van der Waals surface area contributed by atoms with E-state index in [9.17, 15) is 5.11 Å². The number of nitrogens with one attached hydrogen (secondary N) is 1. The van der Waals surface area contributed by atoms with Gasteiger partial charge in [-0.05, 0) is 12.6 Å². The van der Waals surface area contributed by atoms with Crippen molar-refractivity contribution in [1.29, 1.82) is 0 Å². The molecule has 1 aromatic rings. The molecule has 0 radical (unpaired) electrons. The van der Waals surface area contributed by atoms with E-state index in [4.69, 9.17) is 14.2 Å². The number of benzene rings is 1. The van der Waals surface area contributed by atoms with Crippen molar-refractivity contribution in [3.05, 3.63) is 17.7 Å². The number of methoxy groups -OCH3 is 3. The van der Waals surface area contributed by atoms with Gasteiger partial charge in [0.15, 0.2) is 11.5 Å². The molecule has 1 unspecified atom stereocenters. The van der Waals surface area contributed by atoms with Crippen molar-refractivity contribution < 1.29 is 19.3 Å². The van der Waals surface area contributed by atoms with Crippen molar-refractivity contribution in [2.45, 2.75) is 13.0 Å². The Bertz CT molecular complexity index is 381. The zero-order chi connectivity index (χ0) is 13.5. The fraction of sp³-hybridized carbons (Fsp3) is 0.538. The average molecular weight is 255 g/mol. The molecule has 0 spiro atoms. The molecule has 0 bridgehead atoms. The summed E-state index contributed by atoms with van der Waals surface area (Å²) < 4.78 is 15.8. The fourth-order valence-corrected chi connectivity index (χ4v) is 1.84. The molecule has 18 heavy (non-hydrogen) atoms. The van der Waals surface area contributed by atoms with Gasteiger partial charge in [-0.2, -0.15) is 0 Å². The molecule has 0 saturated carbocycles. The van der Waals surface area contributed by atoms with Crippen LogP contribution < -0.4 is 19.5 Å². The topological polar surface area (TPSA) is 60.0 Å². The van der Waals surface area contributed by atoms with Crippen molar-refractivity contribution in [2.75, 3.05) is 34.5 Å². The van der Waals surface area contributed by atoms with Gasteiger partial charge in [0.25, 0.3) is 0 Å². The highest BCUT2D eigenvalue weighted by Gasteiger charge is 2.18. The van der Waals surface area contributed by atoms with E-state index < -0.39 is 0 Å². The van der Waals surface area contributed by atoms with E-state index >= 15 is 0 Å². The first kappa shape index (κ1) is 14.6. The Morgan fingerprint density at radius 1 is 1.06 bits per heavy atom. The van der Waals surface area contributed by atoms with E-state index in [0.29, 0.717) is 17.2 Å². The predicted octanol–water partition coefficient (Wildman–Crippen LogP) is 1.36. The summed E-state index contributed by atoms with van der Waals surface area (Å²) >= 11 is 0. The minimum absolute atomic E-state index is 0.0142. The van der Waals surface area contributed by atoms with E-state index in [0.717, 1.165) is 12.1 Å². The number of rotatable bonds is 7. The van der Waals surface area contributed by atoms with Crippen molar-refractivity contribution in [3.8, 4) is 17.2 Å². The van der Waals surface area contributed by atoms with Gasteiger partial charge in [0, 0.05) is 11.6 Å². The van der Waals surface area contributed by atoms with Crippen LogP contribution in [0.2, 0.25) is 0 Å². The smallest absolute Gasteiger partial charge is 0.164 e. The molecule has 0 heterocycles. The quantitative estimate of drug-likeness (QED) is 0.770. The van der Waals surface area contributed by atoms with Gasteiger partial charge >= 0.3 is 0 Å². The van der Waals surface area contributed by atoms with Gasteiger partial charge in [0.1, 0.15) is 5.75 Å². The van der Waals surface area contributed by atoms with Gasteiger partial charge in [-0.25, -0.2) is 0 Å². The summed E-state index contributed by atoms with van der Waals surface area (Å²) in [6.07, 6.45) is 0. The van der Waals surface area contributed by atoms with Gasteiger partial charge < -0.3 is 24.6 Å². The molecule has 1 atom stereocenters. The molecule has 0 aliphatic carbocycles. The predicted molar refractivity (Wildman–Crippen MR) is 69.6 cm³/mol.